The minimum atomic E-state index is 0.659. The maximum Gasteiger partial charge on any atom is 0.148 e. The van der Waals surface area contributed by atoms with Crippen LogP contribution in [0.2, 0.25) is 0 Å². The molecule has 0 saturated heterocycles. The van der Waals surface area contributed by atoms with Gasteiger partial charge in [-0.05, 0) is 14.0 Å². The molecule has 0 atom stereocenters. The van der Waals surface area contributed by atoms with E-state index >= 15 is 0 Å². The molecule has 2 aromatic heterocycles. The normalized spacial score (nSPS) is 10.9. The molecule has 0 aliphatic rings. The molecule has 6 nitrogen and oxygen atoms in total. The van der Waals surface area contributed by atoms with Gasteiger partial charge in [0.2, 0.25) is 0 Å². The van der Waals surface area contributed by atoms with Crippen molar-refractivity contribution < 1.29 is 0 Å². The minimum absolute atomic E-state index is 0.659. The highest BCUT2D eigenvalue weighted by Crippen LogP contribution is 2.08. The zero-order valence-corrected chi connectivity index (χ0v) is 9.80. The molecule has 2 aromatic rings. The molecule has 0 spiro atoms. The summed E-state index contributed by atoms with van der Waals surface area (Å²) in [7, 11) is 3.81. The highest BCUT2D eigenvalue weighted by Gasteiger charge is 2.08. The Labute approximate surface area is 94.3 Å². The Morgan fingerprint density at radius 1 is 1.38 bits per heavy atom. The highest BCUT2D eigenvalue weighted by atomic mass is 15.4. The number of aryl methyl sites for hydroxylation is 1. The third-order valence-electron chi connectivity index (χ3n) is 2.67. The minimum Gasteiger partial charge on any atom is -0.316 e. The third kappa shape index (κ3) is 1.96. The summed E-state index contributed by atoms with van der Waals surface area (Å²) >= 11 is 0. The van der Waals surface area contributed by atoms with E-state index in [4.69, 9.17) is 0 Å². The molecular weight excluding hydrogens is 204 g/mol. The van der Waals surface area contributed by atoms with Crippen LogP contribution in [-0.4, -0.2) is 31.6 Å². The topological polar surface area (TPSA) is 60.6 Å². The molecule has 0 aromatic carbocycles. The summed E-state index contributed by atoms with van der Waals surface area (Å²) in [5, 5.41) is 11.5. The second kappa shape index (κ2) is 4.44. The molecule has 0 radical (unpaired) electrons. The molecule has 2 rings (SSSR count). The van der Waals surface area contributed by atoms with Crippen LogP contribution in [0.5, 0.6) is 0 Å². The van der Waals surface area contributed by atoms with Crippen LogP contribution in [0.15, 0.2) is 12.5 Å². The predicted molar refractivity (Wildman–Crippen MR) is 59.8 cm³/mol. The van der Waals surface area contributed by atoms with Crippen molar-refractivity contribution in [3.05, 3.63) is 29.6 Å². The van der Waals surface area contributed by atoms with E-state index in [1.807, 2.05) is 25.0 Å². The van der Waals surface area contributed by atoms with Gasteiger partial charge < -0.3 is 5.32 Å². The van der Waals surface area contributed by atoms with Gasteiger partial charge in [0.05, 0.1) is 6.20 Å². The molecular formula is C10H16N6. The molecule has 0 fully saturated rings. The average molecular weight is 220 g/mol. The van der Waals surface area contributed by atoms with Crippen LogP contribution in [0.4, 0.5) is 0 Å². The van der Waals surface area contributed by atoms with Crippen molar-refractivity contribution in [2.75, 3.05) is 7.05 Å². The van der Waals surface area contributed by atoms with E-state index in [0.29, 0.717) is 6.54 Å². The van der Waals surface area contributed by atoms with Gasteiger partial charge >= 0.3 is 0 Å². The van der Waals surface area contributed by atoms with Crippen molar-refractivity contribution in [1.82, 2.24) is 29.9 Å². The van der Waals surface area contributed by atoms with E-state index in [0.717, 1.165) is 18.1 Å². The molecule has 0 amide bonds. The van der Waals surface area contributed by atoms with Crippen LogP contribution in [0.3, 0.4) is 0 Å². The van der Waals surface area contributed by atoms with Gasteiger partial charge in [-0.25, -0.2) is 4.98 Å². The van der Waals surface area contributed by atoms with Gasteiger partial charge in [0.25, 0.3) is 0 Å². The predicted octanol–water partition coefficient (Wildman–Crippen LogP) is 0.0877. The van der Waals surface area contributed by atoms with E-state index in [9.17, 15) is 0 Å². The second-order valence-corrected chi connectivity index (χ2v) is 3.74. The van der Waals surface area contributed by atoms with Gasteiger partial charge in [-0.1, -0.05) is 0 Å². The van der Waals surface area contributed by atoms with E-state index in [2.05, 4.69) is 27.4 Å². The number of aromatic nitrogens is 5. The summed E-state index contributed by atoms with van der Waals surface area (Å²) < 4.78 is 3.70. The lowest BCUT2D eigenvalue weighted by Gasteiger charge is -2.04. The van der Waals surface area contributed by atoms with Crippen molar-refractivity contribution in [1.29, 1.82) is 0 Å². The maximum atomic E-state index is 4.35. The molecule has 16 heavy (non-hydrogen) atoms. The largest absolute Gasteiger partial charge is 0.316 e. The average Bonchev–Trinajstić information content (AvgIpc) is 2.80. The zero-order chi connectivity index (χ0) is 11.5. The SMILES string of the molecule is CNCc1cnn(Cc2ncnn2C)c1C. The fourth-order valence-corrected chi connectivity index (χ4v) is 1.61. The first-order valence-electron chi connectivity index (χ1n) is 5.21. The molecule has 0 unspecified atom stereocenters. The van der Waals surface area contributed by atoms with E-state index < -0.39 is 0 Å². The van der Waals surface area contributed by atoms with Crippen molar-refractivity contribution in [2.45, 2.75) is 20.0 Å². The van der Waals surface area contributed by atoms with Crippen LogP contribution < -0.4 is 5.32 Å². The smallest absolute Gasteiger partial charge is 0.148 e. The summed E-state index contributed by atoms with van der Waals surface area (Å²) in [5.74, 6) is 0.905. The Hall–Kier alpha value is -1.69. The summed E-state index contributed by atoms with van der Waals surface area (Å²) in [6, 6.07) is 0. The molecule has 1 N–H and O–H groups in total. The van der Waals surface area contributed by atoms with Crippen LogP contribution in [0.1, 0.15) is 17.1 Å². The zero-order valence-electron chi connectivity index (χ0n) is 9.80. The third-order valence-corrected chi connectivity index (χ3v) is 2.67. The quantitative estimate of drug-likeness (QED) is 0.793. The lowest BCUT2D eigenvalue weighted by molar-refractivity contribution is 0.595. The molecule has 0 bridgehead atoms. The van der Waals surface area contributed by atoms with Gasteiger partial charge in [-0.15, -0.1) is 0 Å². The van der Waals surface area contributed by atoms with Crippen molar-refractivity contribution >= 4 is 0 Å². The van der Waals surface area contributed by atoms with Crippen LogP contribution in [0, 0.1) is 6.92 Å². The van der Waals surface area contributed by atoms with E-state index in [1.165, 1.54) is 5.56 Å². The summed E-state index contributed by atoms with van der Waals surface area (Å²) in [6.45, 7) is 3.56. The maximum absolute atomic E-state index is 4.35. The molecule has 0 saturated carbocycles. The Morgan fingerprint density at radius 2 is 2.19 bits per heavy atom. The lowest BCUT2D eigenvalue weighted by Crippen LogP contribution is -2.11. The summed E-state index contributed by atoms with van der Waals surface area (Å²) in [5.41, 5.74) is 2.38. The van der Waals surface area contributed by atoms with Crippen molar-refractivity contribution in [3.8, 4) is 0 Å². The fourth-order valence-electron chi connectivity index (χ4n) is 1.61. The monoisotopic (exact) mass is 220 g/mol. The first-order valence-corrected chi connectivity index (χ1v) is 5.21. The number of rotatable bonds is 4. The van der Waals surface area contributed by atoms with Gasteiger partial charge in [0.15, 0.2) is 0 Å². The number of hydrogen-bond donors (Lipinski definition) is 1. The standard InChI is InChI=1S/C10H16N6/c1-8-9(4-11-2)5-13-16(8)6-10-12-7-14-15(10)3/h5,7,11H,4,6H2,1-3H3. The Bertz CT molecular complexity index is 469. The molecule has 86 valence electrons. The number of nitrogens with one attached hydrogen (secondary N) is 1. The lowest BCUT2D eigenvalue weighted by atomic mass is 10.2. The first kappa shape index (κ1) is 10.8. The Balaban J connectivity index is 2.19. The molecule has 2 heterocycles. The van der Waals surface area contributed by atoms with Crippen LogP contribution in [0.25, 0.3) is 0 Å². The van der Waals surface area contributed by atoms with Crippen molar-refractivity contribution in [3.63, 3.8) is 0 Å². The Morgan fingerprint density at radius 3 is 2.81 bits per heavy atom. The number of nitrogens with zero attached hydrogens (tertiary/aromatic N) is 5. The molecule has 0 aliphatic heterocycles. The Kier molecular flexibility index (Phi) is 3.00. The van der Waals surface area contributed by atoms with Crippen LogP contribution >= 0.6 is 0 Å². The summed E-state index contributed by atoms with van der Waals surface area (Å²) in [6.07, 6.45) is 3.45. The molecule has 6 heteroatoms. The van der Waals surface area contributed by atoms with E-state index in [1.54, 1.807) is 11.0 Å². The number of hydrogen-bond acceptors (Lipinski definition) is 4. The molecule has 0 aliphatic carbocycles. The van der Waals surface area contributed by atoms with Gasteiger partial charge in [-0.3, -0.25) is 9.36 Å². The summed E-state index contributed by atoms with van der Waals surface area (Å²) in [4.78, 5) is 4.18. The van der Waals surface area contributed by atoms with Gasteiger partial charge in [-0.2, -0.15) is 10.2 Å². The first-order chi connectivity index (χ1) is 7.72. The van der Waals surface area contributed by atoms with Gasteiger partial charge in [0.1, 0.15) is 18.7 Å². The van der Waals surface area contributed by atoms with E-state index in [-0.39, 0.29) is 0 Å². The van der Waals surface area contributed by atoms with Crippen molar-refractivity contribution in [2.24, 2.45) is 7.05 Å². The fraction of sp³-hybridized carbons (Fsp3) is 0.500. The van der Waals surface area contributed by atoms with Crippen LogP contribution in [-0.2, 0) is 20.1 Å². The second-order valence-electron chi connectivity index (χ2n) is 3.74. The highest BCUT2D eigenvalue weighted by molar-refractivity contribution is 5.16. The van der Waals surface area contributed by atoms with Gasteiger partial charge in [0, 0.05) is 24.8 Å².